The first-order valence-electron chi connectivity index (χ1n) is 11.5. The SMILES string of the molecule is CC1CN(c2cnn(Cc3ccc(NC(=O)Nc4ccc(F)cc4[N+](=O)[O-])cc3)c(=O)c2Cl)CC(C)N1. The van der Waals surface area contributed by atoms with Crippen molar-refractivity contribution in [3.8, 4) is 0 Å². The highest BCUT2D eigenvalue weighted by Crippen LogP contribution is 2.26. The summed E-state index contributed by atoms with van der Waals surface area (Å²) in [5, 5.41) is 23.8. The molecule has 3 N–H and O–H groups in total. The van der Waals surface area contributed by atoms with Crippen molar-refractivity contribution < 1.29 is 14.1 Å². The van der Waals surface area contributed by atoms with Crippen LogP contribution in [0, 0.1) is 15.9 Å². The highest BCUT2D eigenvalue weighted by molar-refractivity contribution is 6.33. The van der Waals surface area contributed by atoms with E-state index in [9.17, 15) is 24.1 Å². The van der Waals surface area contributed by atoms with Crippen molar-refractivity contribution in [2.24, 2.45) is 0 Å². The number of hydrogen-bond acceptors (Lipinski definition) is 7. The van der Waals surface area contributed by atoms with Crippen LogP contribution in [0.5, 0.6) is 0 Å². The lowest BCUT2D eigenvalue weighted by atomic mass is 10.1. The molecule has 2 atom stereocenters. The molecule has 4 rings (SSSR count). The Balaban J connectivity index is 1.41. The monoisotopic (exact) mass is 529 g/mol. The average Bonchev–Trinajstić information content (AvgIpc) is 2.83. The zero-order valence-electron chi connectivity index (χ0n) is 20.1. The Bertz CT molecular complexity index is 1370. The van der Waals surface area contributed by atoms with Crippen LogP contribution in [0.15, 0.2) is 53.5 Å². The van der Waals surface area contributed by atoms with Crippen LogP contribution in [0.1, 0.15) is 19.4 Å². The summed E-state index contributed by atoms with van der Waals surface area (Å²) in [6, 6.07) is 9.24. The Labute approximate surface area is 216 Å². The minimum absolute atomic E-state index is 0.112. The van der Waals surface area contributed by atoms with Gasteiger partial charge < -0.3 is 20.9 Å². The van der Waals surface area contributed by atoms with Crippen molar-refractivity contribution in [2.75, 3.05) is 28.6 Å². The molecule has 11 nitrogen and oxygen atoms in total. The first-order chi connectivity index (χ1) is 17.6. The quantitative estimate of drug-likeness (QED) is 0.326. The summed E-state index contributed by atoms with van der Waals surface area (Å²) >= 11 is 6.43. The van der Waals surface area contributed by atoms with Crippen molar-refractivity contribution in [1.82, 2.24) is 15.1 Å². The first kappa shape index (κ1) is 26.0. The van der Waals surface area contributed by atoms with Gasteiger partial charge in [-0.2, -0.15) is 5.10 Å². The average molecular weight is 530 g/mol. The van der Waals surface area contributed by atoms with Gasteiger partial charge in [0.2, 0.25) is 0 Å². The van der Waals surface area contributed by atoms with Crippen LogP contribution in [0.4, 0.5) is 31.9 Å². The summed E-state index contributed by atoms with van der Waals surface area (Å²) in [5.74, 6) is -0.786. The molecule has 2 aromatic carbocycles. The van der Waals surface area contributed by atoms with E-state index in [-0.39, 0.29) is 29.3 Å². The minimum atomic E-state index is -0.786. The number of urea groups is 1. The molecule has 3 aromatic rings. The second kappa shape index (κ2) is 10.9. The number of piperazine rings is 1. The number of amides is 2. The number of nitro benzene ring substituents is 1. The van der Waals surface area contributed by atoms with E-state index in [2.05, 4.69) is 39.8 Å². The molecule has 1 aliphatic rings. The number of anilines is 3. The van der Waals surface area contributed by atoms with E-state index in [1.807, 2.05) is 0 Å². The number of nitrogens with zero attached hydrogens (tertiary/aromatic N) is 4. The lowest BCUT2D eigenvalue weighted by Crippen LogP contribution is -2.54. The maximum atomic E-state index is 13.3. The second-order valence-corrected chi connectivity index (χ2v) is 9.25. The number of halogens is 2. The van der Waals surface area contributed by atoms with Crippen molar-refractivity contribution in [1.29, 1.82) is 0 Å². The van der Waals surface area contributed by atoms with Crippen molar-refractivity contribution in [3.63, 3.8) is 0 Å². The summed E-state index contributed by atoms with van der Waals surface area (Å²) < 4.78 is 14.6. The predicted octanol–water partition coefficient (Wildman–Crippen LogP) is 3.82. The number of aromatic nitrogens is 2. The number of nitrogens with one attached hydrogen (secondary N) is 3. The standard InChI is InChI=1S/C24H25ClFN7O4/c1-14-11-31(12-15(2)28-14)21-10-27-32(23(34)22(21)25)13-16-3-6-18(7-4-16)29-24(35)30-19-8-5-17(26)9-20(19)33(36)37/h3-10,14-15,28H,11-13H2,1-2H3,(H2,29,30,35). The van der Waals surface area contributed by atoms with Crippen LogP contribution in [0.3, 0.4) is 0 Å². The molecule has 2 heterocycles. The summed E-state index contributed by atoms with van der Waals surface area (Å²) in [6.07, 6.45) is 1.60. The van der Waals surface area contributed by atoms with Gasteiger partial charge in [-0.1, -0.05) is 23.7 Å². The highest BCUT2D eigenvalue weighted by Gasteiger charge is 2.24. The fourth-order valence-electron chi connectivity index (χ4n) is 4.23. The van der Waals surface area contributed by atoms with E-state index < -0.39 is 28.0 Å². The molecular weight excluding hydrogens is 505 g/mol. The van der Waals surface area contributed by atoms with Crippen molar-refractivity contribution in [2.45, 2.75) is 32.5 Å². The third-order valence-electron chi connectivity index (χ3n) is 5.81. The number of hydrogen-bond donors (Lipinski definition) is 3. The lowest BCUT2D eigenvalue weighted by molar-refractivity contribution is -0.384. The molecule has 1 fully saturated rings. The zero-order valence-corrected chi connectivity index (χ0v) is 20.8. The van der Waals surface area contributed by atoms with Crippen LogP contribution >= 0.6 is 11.6 Å². The Morgan fingerprint density at radius 1 is 1.19 bits per heavy atom. The molecule has 0 radical (unpaired) electrons. The second-order valence-electron chi connectivity index (χ2n) is 8.87. The largest absolute Gasteiger partial charge is 0.366 e. The van der Waals surface area contributed by atoms with Crippen LogP contribution in [0.2, 0.25) is 5.02 Å². The Morgan fingerprint density at radius 3 is 2.51 bits per heavy atom. The van der Waals surface area contributed by atoms with E-state index >= 15 is 0 Å². The predicted molar refractivity (Wildman–Crippen MR) is 139 cm³/mol. The molecule has 37 heavy (non-hydrogen) atoms. The molecule has 1 aliphatic heterocycles. The normalized spacial score (nSPS) is 17.4. The zero-order chi connectivity index (χ0) is 26.7. The molecule has 1 saturated heterocycles. The maximum absolute atomic E-state index is 13.3. The van der Waals surface area contributed by atoms with Crippen LogP contribution in [-0.4, -0.2) is 45.9 Å². The van der Waals surface area contributed by atoms with Gasteiger partial charge in [-0.15, -0.1) is 0 Å². The maximum Gasteiger partial charge on any atom is 0.323 e. The molecule has 13 heteroatoms. The van der Waals surface area contributed by atoms with E-state index in [0.717, 1.165) is 23.8 Å². The molecule has 0 aliphatic carbocycles. The molecule has 2 amide bonds. The molecule has 0 saturated carbocycles. The molecule has 194 valence electrons. The summed E-state index contributed by atoms with van der Waals surface area (Å²) in [7, 11) is 0. The van der Waals surface area contributed by atoms with Gasteiger partial charge in [0.1, 0.15) is 16.5 Å². The fraction of sp³-hybridized carbons (Fsp3) is 0.292. The van der Waals surface area contributed by atoms with E-state index in [1.165, 1.54) is 4.68 Å². The van der Waals surface area contributed by atoms with E-state index in [1.54, 1.807) is 30.5 Å². The summed E-state index contributed by atoms with van der Waals surface area (Å²) in [5.41, 5.74) is 0.644. The minimum Gasteiger partial charge on any atom is -0.366 e. The lowest BCUT2D eigenvalue weighted by Gasteiger charge is -2.37. The van der Waals surface area contributed by atoms with E-state index in [4.69, 9.17) is 11.6 Å². The number of carbonyl (C=O) groups excluding carboxylic acids is 1. The summed E-state index contributed by atoms with van der Waals surface area (Å²) in [6.45, 7) is 5.74. The number of nitro groups is 1. The number of carbonyl (C=O) groups is 1. The van der Waals surface area contributed by atoms with Crippen molar-refractivity contribution in [3.05, 3.63) is 85.5 Å². The van der Waals surface area contributed by atoms with Gasteiger partial charge in [0, 0.05) is 30.9 Å². The van der Waals surface area contributed by atoms with Gasteiger partial charge in [-0.25, -0.2) is 13.9 Å². The third-order valence-corrected chi connectivity index (χ3v) is 6.17. The van der Waals surface area contributed by atoms with Crippen LogP contribution in [-0.2, 0) is 6.54 Å². The highest BCUT2D eigenvalue weighted by atomic mass is 35.5. The van der Waals surface area contributed by atoms with Gasteiger partial charge in [-0.05, 0) is 43.7 Å². The number of rotatable bonds is 6. The van der Waals surface area contributed by atoms with E-state index in [0.29, 0.717) is 24.5 Å². The van der Waals surface area contributed by atoms with Crippen LogP contribution in [0.25, 0.3) is 0 Å². The smallest absolute Gasteiger partial charge is 0.323 e. The molecule has 0 spiro atoms. The van der Waals surface area contributed by atoms with Crippen molar-refractivity contribution >= 4 is 40.4 Å². The Kier molecular flexibility index (Phi) is 7.69. The summed E-state index contributed by atoms with van der Waals surface area (Å²) in [4.78, 5) is 37.5. The molecular formula is C24H25ClFN7O4. The Hall–Kier alpha value is -4.03. The molecule has 0 bridgehead atoms. The fourth-order valence-corrected chi connectivity index (χ4v) is 4.49. The van der Waals surface area contributed by atoms with Gasteiger partial charge in [-0.3, -0.25) is 14.9 Å². The Morgan fingerprint density at radius 2 is 1.86 bits per heavy atom. The first-order valence-corrected chi connectivity index (χ1v) is 11.9. The van der Waals surface area contributed by atoms with Gasteiger partial charge in [0.25, 0.3) is 11.2 Å². The number of benzene rings is 2. The van der Waals surface area contributed by atoms with Gasteiger partial charge >= 0.3 is 6.03 Å². The topological polar surface area (TPSA) is 134 Å². The third kappa shape index (κ3) is 6.22. The van der Waals surface area contributed by atoms with Crippen LogP contribution < -0.4 is 26.4 Å². The molecule has 1 aromatic heterocycles. The molecule has 2 unspecified atom stereocenters. The van der Waals surface area contributed by atoms with Gasteiger partial charge in [0.05, 0.1) is 29.4 Å². The van der Waals surface area contributed by atoms with Gasteiger partial charge in [0.15, 0.2) is 0 Å².